The van der Waals surface area contributed by atoms with Crippen LogP contribution in [0.25, 0.3) is 0 Å². The molecule has 0 aliphatic rings. The van der Waals surface area contributed by atoms with Gasteiger partial charge in [0.15, 0.2) is 0 Å². The maximum atomic E-state index is 5.15. The van der Waals surface area contributed by atoms with E-state index in [1.54, 1.807) is 0 Å². The first kappa shape index (κ1) is 17.3. The first-order valence-electron chi connectivity index (χ1n) is 4.25. The van der Waals surface area contributed by atoms with Crippen LogP contribution < -0.4 is 22.9 Å². The van der Waals surface area contributed by atoms with Gasteiger partial charge in [-0.3, -0.25) is 0 Å². The van der Waals surface area contributed by atoms with Gasteiger partial charge in [0, 0.05) is 10.3 Å². The third-order valence-corrected chi connectivity index (χ3v) is 1.66. The van der Waals surface area contributed by atoms with Gasteiger partial charge in [-0.2, -0.15) is 9.97 Å². The Kier molecular flexibility index (Phi) is 6.97. The van der Waals surface area contributed by atoms with Crippen molar-refractivity contribution in [2.24, 2.45) is 0 Å². The van der Waals surface area contributed by atoms with Crippen LogP contribution in [-0.4, -0.2) is 29.9 Å². The Bertz CT molecular complexity index is 401. The molecule has 0 unspecified atom stereocenters. The SMILES string of the molecule is Nc1nc(N)nc([S-])n1.Nc1nc(N)nc([S-])n1.[Zn+2]. The molecule has 0 amide bonds. The van der Waals surface area contributed by atoms with Gasteiger partial charge < -0.3 is 48.2 Å². The van der Waals surface area contributed by atoms with E-state index in [2.05, 4.69) is 55.2 Å². The van der Waals surface area contributed by atoms with Crippen molar-refractivity contribution in [2.45, 2.75) is 10.3 Å². The molecule has 0 saturated heterocycles. The van der Waals surface area contributed by atoms with E-state index in [4.69, 9.17) is 22.9 Å². The van der Waals surface area contributed by atoms with Gasteiger partial charge in [-0.05, 0) is 0 Å². The first-order chi connectivity index (χ1) is 8.36. The zero-order valence-electron chi connectivity index (χ0n) is 9.52. The van der Waals surface area contributed by atoms with Gasteiger partial charge in [-0.15, -0.1) is 0 Å². The average molecular weight is 350 g/mol. The van der Waals surface area contributed by atoms with Gasteiger partial charge in [0.2, 0.25) is 23.8 Å². The fourth-order valence-corrected chi connectivity index (χ4v) is 1.15. The van der Waals surface area contributed by atoms with E-state index in [9.17, 15) is 0 Å². The Labute approximate surface area is 131 Å². The molecule has 0 bridgehead atoms. The maximum Gasteiger partial charge on any atom is 2.00 e. The summed E-state index contributed by atoms with van der Waals surface area (Å²) in [5, 5.41) is 0.250. The average Bonchev–Trinajstić information content (AvgIpc) is 2.12. The van der Waals surface area contributed by atoms with Crippen molar-refractivity contribution < 1.29 is 19.5 Å². The molecule has 2 heterocycles. The molecule has 2 aromatic heterocycles. The smallest absolute Gasteiger partial charge is 0.740 e. The Morgan fingerprint density at radius 1 is 0.526 bits per heavy atom. The molecule has 8 N–H and O–H groups in total. The summed E-state index contributed by atoms with van der Waals surface area (Å²) in [6.45, 7) is 0. The number of nitrogens with zero attached hydrogens (tertiary/aromatic N) is 6. The summed E-state index contributed by atoms with van der Waals surface area (Å²) in [5.41, 5.74) is 20.6. The fraction of sp³-hybridized carbons (Fsp3) is 0. The van der Waals surface area contributed by atoms with Crippen LogP contribution in [0.15, 0.2) is 10.3 Å². The molecule has 2 rings (SSSR count). The molecule has 0 aliphatic heterocycles. The Morgan fingerprint density at radius 3 is 0.895 bits per heavy atom. The summed E-state index contributed by atoms with van der Waals surface area (Å²) < 4.78 is 0. The van der Waals surface area contributed by atoms with Gasteiger partial charge in [0.1, 0.15) is 0 Å². The summed E-state index contributed by atoms with van der Waals surface area (Å²) in [5.74, 6) is 0.250. The third-order valence-electron chi connectivity index (χ3n) is 1.30. The molecule has 0 saturated carbocycles. The van der Waals surface area contributed by atoms with Crippen molar-refractivity contribution in [3.05, 3.63) is 0 Å². The summed E-state index contributed by atoms with van der Waals surface area (Å²) in [6, 6.07) is 0. The normalized spacial score (nSPS) is 8.84. The van der Waals surface area contributed by atoms with E-state index in [-0.39, 0.29) is 53.6 Å². The molecule has 0 spiro atoms. The molecule has 19 heavy (non-hydrogen) atoms. The zero-order valence-corrected chi connectivity index (χ0v) is 14.1. The predicted molar refractivity (Wildman–Crippen MR) is 68.6 cm³/mol. The minimum atomic E-state index is 0. The number of hydrogen-bond acceptors (Lipinski definition) is 12. The summed E-state index contributed by atoms with van der Waals surface area (Å²) >= 11 is 9.13. The second-order valence-electron chi connectivity index (χ2n) is 2.67. The van der Waals surface area contributed by atoms with Crippen LogP contribution >= 0.6 is 0 Å². The molecular weight excluding hydrogens is 342 g/mol. The fourth-order valence-electron chi connectivity index (χ4n) is 0.777. The summed E-state index contributed by atoms with van der Waals surface area (Å²) in [4.78, 5) is 21.1. The predicted octanol–water partition coefficient (Wildman–Crippen LogP) is -2.12. The molecule has 0 aliphatic carbocycles. The number of hydrogen-bond donors (Lipinski definition) is 4. The van der Waals surface area contributed by atoms with Crippen LogP contribution in [0.5, 0.6) is 0 Å². The van der Waals surface area contributed by atoms with Crippen LogP contribution in [0.4, 0.5) is 23.8 Å². The van der Waals surface area contributed by atoms with Gasteiger partial charge >= 0.3 is 19.5 Å². The van der Waals surface area contributed by atoms with Crippen molar-refractivity contribution in [2.75, 3.05) is 22.9 Å². The molecule has 10 nitrogen and oxygen atoms in total. The molecule has 0 radical (unpaired) electrons. The zero-order chi connectivity index (χ0) is 13.7. The summed E-state index contributed by atoms with van der Waals surface area (Å²) in [6.07, 6.45) is 0. The van der Waals surface area contributed by atoms with Crippen LogP contribution in [0.3, 0.4) is 0 Å². The van der Waals surface area contributed by atoms with Crippen molar-refractivity contribution in [3.8, 4) is 0 Å². The monoisotopic (exact) mass is 348 g/mol. The largest absolute Gasteiger partial charge is 2.00 e. The van der Waals surface area contributed by atoms with Crippen molar-refractivity contribution in [1.29, 1.82) is 0 Å². The van der Waals surface area contributed by atoms with Crippen LogP contribution in [0.1, 0.15) is 0 Å². The molecule has 96 valence electrons. The molecular formula is C6H8N10S2Zn. The van der Waals surface area contributed by atoms with E-state index in [0.717, 1.165) is 0 Å². The molecule has 0 atom stereocenters. The first-order valence-corrected chi connectivity index (χ1v) is 5.06. The minimum absolute atomic E-state index is 0. The standard InChI is InChI=1S/2C3H5N5S.Zn/c2*4-1-6-2(5)8-3(9)7-1;/h2*(H5,4,5,6,7,8,9);/q;;+2/p-2. The quantitative estimate of drug-likeness (QED) is 0.300. The van der Waals surface area contributed by atoms with Gasteiger partial charge in [-0.1, -0.05) is 0 Å². The van der Waals surface area contributed by atoms with E-state index >= 15 is 0 Å². The topological polar surface area (TPSA) is 181 Å². The number of rotatable bonds is 0. The Hall–Kier alpha value is -1.72. The Morgan fingerprint density at radius 2 is 0.737 bits per heavy atom. The van der Waals surface area contributed by atoms with Crippen molar-refractivity contribution in [3.63, 3.8) is 0 Å². The second kappa shape index (κ2) is 7.66. The van der Waals surface area contributed by atoms with Crippen molar-refractivity contribution >= 4 is 49.1 Å². The Balaban J connectivity index is 0.000000324. The van der Waals surface area contributed by atoms with Gasteiger partial charge in [-0.25, -0.2) is 19.9 Å². The van der Waals surface area contributed by atoms with Gasteiger partial charge in [0.05, 0.1) is 0 Å². The number of nitrogens with two attached hydrogens (primary N) is 4. The van der Waals surface area contributed by atoms with Gasteiger partial charge in [0.25, 0.3) is 0 Å². The molecule has 2 aromatic rings. The van der Waals surface area contributed by atoms with Crippen LogP contribution in [-0.2, 0) is 44.7 Å². The molecule has 0 fully saturated rings. The number of aromatic nitrogens is 6. The molecule has 13 heteroatoms. The molecule has 0 aromatic carbocycles. The van der Waals surface area contributed by atoms with E-state index in [1.165, 1.54) is 0 Å². The summed E-state index contributed by atoms with van der Waals surface area (Å²) in [7, 11) is 0. The van der Waals surface area contributed by atoms with Crippen LogP contribution in [0.2, 0.25) is 0 Å². The van der Waals surface area contributed by atoms with Crippen molar-refractivity contribution in [1.82, 2.24) is 29.9 Å². The minimum Gasteiger partial charge on any atom is -0.740 e. The van der Waals surface area contributed by atoms with E-state index < -0.39 is 0 Å². The maximum absolute atomic E-state index is 5.15. The van der Waals surface area contributed by atoms with E-state index in [1.807, 2.05) is 0 Å². The number of anilines is 4. The van der Waals surface area contributed by atoms with Crippen LogP contribution in [0, 0.1) is 0 Å². The third kappa shape index (κ3) is 6.69. The second-order valence-corrected chi connectivity index (χ2v) is 3.40. The van der Waals surface area contributed by atoms with E-state index in [0.29, 0.717) is 0 Å². The number of nitrogen functional groups attached to an aromatic ring is 4.